The highest BCUT2D eigenvalue weighted by molar-refractivity contribution is 5.98. The van der Waals surface area contributed by atoms with E-state index in [1.54, 1.807) is 22.9 Å². The number of Topliss-reactive ketones (excluding diaryl/α,β-unsaturated/α-hetero) is 1. The molecule has 2 fully saturated rings. The summed E-state index contributed by atoms with van der Waals surface area (Å²) >= 11 is 0. The average molecular weight is 610 g/mol. The first kappa shape index (κ1) is 33.0. The summed E-state index contributed by atoms with van der Waals surface area (Å²) in [6, 6.07) is 4.21. The van der Waals surface area contributed by atoms with E-state index in [1.807, 2.05) is 45.0 Å². The van der Waals surface area contributed by atoms with E-state index in [0.29, 0.717) is 57.9 Å². The minimum atomic E-state index is -1.01. The number of hydrogen-bond acceptors (Lipinski definition) is 6. The zero-order valence-electron chi connectivity index (χ0n) is 26.4. The van der Waals surface area contributed by atoms with Gasteiger partial charge in [0.15, 0.2) is 0 Å². The molecule has 4 rings (SSSR count). The maximum Gasteiger partial charge on any atom is 0.246 e. The third-order valence-electron chi connectivity index (χ3n) is 9.11. The van der Waals surface area contributed by atoms with Crippen LogP contribution in [0.3, 0.4) is 0 Å². The first-order valence-electron chi connectivity index (χ1n) is 16.0. The molecule has 0 radical (unpaired) electrons. The topological polar surface area (TPSA) is 139 Å². The smallest absolute Gasteiger partial charge is 0.246 e. The van der Waals surface area contributed by atoms with Crippen LogP contribution in [0.1, 0.15) is 84.1 Å². The molecule has 1 aromatic heterocycles. The number of fused-ring (bicyclic) bond motifs is 2. The summed E-state index contributed by atoms with van der Waals surface area (Å²) in [5.41, 5.74) is 1.62. The number of nitrogens with zero attached hydrogens (tertiary/aromatic N) is 2. The van der Waals surface area contributed by atoms with Crippen LogP contribution in [0.2, 0.25) is 0 Å². The molecule has 2 aromatic rings. The molecule has 0 spiro atoms. The van der Waals surface area contributed by atoms with Gasteiger partial charge in [-0.15, -0.1) is 0 Å². The lowest BCUT2D eigenvalue weighted by atomic mass is 9.95. The molecular formula is C33H47N5O6. The Morgan fingerprint density at radius 2 is 1.70 bits per heavy atom. The molecule has 2 aliphatic rings. The van der Waals surface area contributed by atoms with Gasteiger partial charge in [0.25, 0.3) is 0 Å². The second kappa shape index (κ2) is 15.2. The summed E-state index contributed by atoms with van der Waals surface area (Å²) in [7, 11) is 1.56. The SMILES string of the molecule is CCC(=O)CCCCC[C@@H]1NC(=O)[C@H]2CCCN2C(=O)C(C(C)CC)NC(=O)[C@H](Cc2cn(OC)c3ccccc23)NC1=O. The van der Waals surface area contributed by atoms with Crippen molar-refractivity contribution in [2.75, 3.05) is 13.7 Å². The van der Waals surface area contributed by atoms with E-state index < -0.39 is 36.0 Å². The minimum absolute atomic E-state index is 0.155. The molecule has 3 heterocycles. The molecule has 0 bridgehead atoms. The number of para-hydroxylation sites is 1. The zero-order valence-corrected chi connectivity index (χ0v) is 26.4. The van der Waals surface area contributed by atoms with Crippen LogP contribution in [0, 0.1) is 5.92 Å². The molecule has 0 aliphatic carbocycles. The molecule has 1 aromatic carbocycles. The molecule has 11 heteroatoms. The summed E-state index contributed by atoms with van der Waals surface area (Å²) in [4.78, 5) is 74.0. The van der Waals surface area contributed by atoms with Crippen LogP contribution >= 0.6 is 0 Å². The zero-order chi connectivity index (χ0) is 31.8. The molecule has 11 nitrogen and oxygen atoms in total. The maximum absolute atomic E-state index is 14.0. The number of benzene rings is 1. The average Bonchev–Trinajstić information content (AvgIpc) is 3.66. The molecule has 4 amide bonds. The predicted octanol–water partition coefficient (Wildman–Crippen LogP) is 2.68. The van der Waals surface area contributed by atoms with Crippen molar-refractivity contribution in [2.45, 2.75) is 109 Å². The standard InChI is InChI=1S/C33H47N5O6/c1-5-21(3)29-33(43)37-18-12-17-28(37)32(42)34-25(15-9-7-8-13-23(39)6-2)30(40)35-26(31(41)36-29)19-22-20-38(44-4)27-16-11-10-14-24(22)27/h10-11,14,16,20-21,25-26,28-29H,5-9,12-13,15,17-19H2,1-4H3,(H,34,42)(H,35,40)(H,36,41)/t21?,25-,26-,28+,29?/m0/s1. The molecule has 2 saturated heterocycles. The minimum Gasteiger partial charge on any atom is -0.417 e. The van der Waals surface area contributed by atoms with Crippen molar-refractivity contribution < 1.29 is 28.8 Å². The molecule has 2 unspecified atom stereocenters. The highest BCUT2D eigenvalue weighted by Gasteiger charge is 2.41. The van der Waals surface area contributed by atoms with Crippen molar-refractivity contribution >= 4 is 40.3 Å². The van der Waals surface area contributed by atoms with Gasteiger partial charge in [-0.1, -0.05) is 58.2 Å². The molecule has 2 aliphatic heterocycles. The number of amides is 4. The number of carbonyl (C=O) groups excluding carboxylic acids is 5. The number of nitrogens with one attached hydrogen (secondary N) is 3. The van der Waals surface area contributed by atoms with E-state index in [4.69, 9.17) is 4.84 Å². The Balaban J connectivity index is 1.65. The van der Waals surface area contributed by atoms with Crippen molar-refractivity contribution in [2.24, 2.45) is 5.92 Å². The fourth-order valence-corrected chi connectivity index (χ4v) is 6.21. The Labute approximate surface area is 259 Å². The van der Waals surface area contributed by atoms with Crippen LogP contribution in [0.25, 0.3) is 10.9 Å². The van der Waals surface area contributed by atoms with Gasteiger partial charge >= 0.3 is 0 Å². The van der Waals surface area contributed by atoms with Crippen LogP contribution in [0.5, 0.6) is 0 Å². The first-order chi connectivity index (χ1) is 21.2. The number of rotatable bonds is 12. The second-order valence-electron chi connectivity index (χ2n) is 12.1. The number of carbonyl (C=O) groups is 5. The van der Waals surface area contributed by atoms with Gasteiger partial charge in [0.2, 0.25) is 23.6 Å². The van der Waals surface area contributed by atoms with E-state index in [1.165, 1.54) is 0 Å². The fraction of sp³-hybridized carbons (Fsp3) is 0.606. The lowest BCUT2D eigenvalue weighted by Gasteiger charge is -2.34. The quantitative estimate of drug-likeness (QED) is 0.317. The fourth-order valence-electron chi connectivity index (χ4n) is 6.21. The van der Waals surface area contributed by atoms with Gasteiger partial charge in [-0.25, -0.2) is 0 Å². The van der Waals surface area contributed by atoms with Gasteiger partial charge in [0.05, 0.1) is 5.52 Å². The van der Waals surface area contributed by atoms with Crippen molar-refractivity contribution in [3.05, 3.63) is 36.0 Å². The molecule has 3 N–H and O–H groups in total. The van der Waals surface area contributed by atoms with E-state index in [0.717, 1.165) is 22.9 Å². The third kappa shape index (κ3) is 7.60. The van der Waals surface area contributed by atoms with Crippen LogP contribution in [0.15, 0.2) is 30.5 Å². The Bertz CT molecular complexity index is 1360. The van der Waals surface area contributed by atoms with Crippen molar-refractivity contribution in [1.29, 1.82) is 0 Å². The highest BCUT2D eigenvalue weighted by atomic mass is 16.6. The number of hydrogen-bond donors (Lipinski definition) is 3. The summed E-state index contributed by atoms with van der Waals surface area (Å²) in [5, 5.41) is 9.69. The molecule has 0 saturated carbocycles. The third-order valence-corrected chi connectivity index (χ3v) is 9.11. The number of ketones is 1. The molecule has 44 heavy (non-hydrogen) atoms. The van der Waals surface area contributed by atoms with Gasteiger partial charge in [0, 0.05) is 37.4 Å². The van der Waals surface area contributed by atoms with E-state index in [9.17, 15) is 24.0 Å². The maximum atomic E-state index is 14.0. The molecule has 5 atom stereocenters. The Morgan fingerprint density at radius 3 is 2.43 bits per heavy atom. The summed E-state index contributed by atoms with van der Waals surface area (Å²) in [6.07, 6.45) is 7.18. The summed E-state index contributed by atoms with van der Waals surface area (Å²) < 4.78 is 1.62. The van der Waals surface area contributed by atoms with Crippen LogP contribution in [0.4, 0.5) is 0 Å². The van der Waals surface area contributed by atoms with Crippen molar-refractivity contribution in [1.82, 2.24) is 25.6 Å². The Morgan fingerprint density at radius 1 is 0.977 bits per heavy atom. The lowest BCUT2D eigenvalue weighted by Crippen LogP contribution is -2.62. The number of unbranched alkanes of at least 4 members (excludes halogenated alkanes) is 2. The number of aromatic nitrogens is 1. The molecular weight excluding hydrogens is 562 g/mol. The van der Waals surface area contributed by atoms with Crippen molar-refractivity contribution in [3.8, 4) is 0 Å². The first-order valence-corrected chi connectivity index (χ1v) is 16.0. The van der Waals surface area contributed by atoms with E-state index >= 15 is 0 Å². The second-order valence-corrected chi connectivity index (χ2v) is 12.1. The van der Waals surface area contributed by atoms with Crippen molar-refractivity contribution in [3.63, 3.8) is 0 Å². The predicted molar refractivity (Wildman–Crippen MR) is 167 cm³/mol. The highest BCUT2D eigenvalue weighted by Crippen LogP contribution is 2.24. The van der Waals surface area contributed by atoms with Gasteiger partial charge in [0.1, 0.15) is 37.1 Å². The Hall–Kier alpha value is -3.89. The molecule has 240 valence electrons. The van der Waals surface area contributed by atoms with Gasteiger partial charge in [-0.3, -0.25) is 24.0 Å². The Kier molecular flexibility index (Phi) is 11.4. The largest absolute Gasteiger partial charge is 0.417 e. The summed E-state index contributed by atoms with van der Waals surface area (Å²) in [5.74, 6) is -1.51. The van der Waals surface area contributed by atoms with E-state index in [-0.39, 0.29) is 29.9 Å². The van der Waals surface area contributed by atoms with Gasteiger partial charge in [-0.2, -0.15) is 4.73 Å². The van der Waals surface area contributed by atoms with Crippen LogP contribution < -0.4 is 20.8 Å². The van der Waals surface area contributed by atoms with Crippen LogP contribution in [-0.4, -0.2) is 76.9 Å². The van der Waals surface area contributed by atoms with Crippen LogP contribution in [-0.2, 0) is 30.4 Å². The van der Waals surface area contributed by atoms with Gasteiger partial charge < -0.3 is 25.7 Å². The summed E-state index contributed by atoms with van der Waals surface area (Å²) in [6.45, 7) is 6.12. The van der Waals surface area contributed by atoms with E-state index in [2.05, 4.69) is 16.0 Å². The van der Waals surface area contributed by atoms with Gasteiger partial charge in [-0.05, 0) is 43.2 Å². The lowest BCUT2D eigenvalue weighted by molar-refractivity contribution is -0.144. The normalized spacial score (nSPS) is 23.7. The monoisotopic (exact) mass is 609 g/mol.